The topological polar surface area (TPSA) is 90.5 Å². The molecule has 2 aliphatic rings. The van der Waals surface area contributed by atoms with Gasteiger partial charge in [-0.1, -0.05) is 0 Å². The summed E-state index contributed by atoms with van der Waals surface area (Å²) < 4.78 is 40.1. The van der Waals surface area contributed by atoms with E-state index >= 15 is 0 Å². The SMILES string of the molecule is O=C1CN(c2ccc(NC(=O)C3CCCN(c4ncccc4C(F)(F)F)C3)cn2)CCN1. The Balaban J connectivity index is 1.40. The Kier molecular flexibility index (Phi) is 6.15. The van der Waals surface area contributed by atoms with Crippen LogP contribution >= 0.6 is 0 Å². The van der Waals surface area contributed by atoms with Crippen LogP contribution in [-0.2, 0) is 15.8 Å². The molecule has 2 aliphatic heterocycles. The zero-order valence-electron chi connectivity index (χ0n) is 17.2. The third-order valence-electron chi connectivity index (χ3n) is 5.56. The number of carbonyl (C=O) groups excluding carboxylic acids is 2. The molecule has 170 valence electrons. The molecule has 1 atom stereocenters. The van der Waals surface area contributed by atoms with E-state index in [0.717, 1.165) is 6.07 Å². The van der Waals surface area contributed by atoms with Crippen LogP contribution < -0.4 is 20.4 Å². The first kappa shape index (κ1) is 21.8. The lowest BCUT2D eigenvalue weighted by Crippen LogP contribution is -2.48. The second-order valence-corrected chi connectivity index (χ2v) is 7.82. The van der Waals surface area contributed by atoms with E-state index in [-0.39, 0.29) is 30.7 Å². The molecule has 2 N–H and O–H groups in total. The summed E-state index contributed by atoms with van der Waals surface area (Å²) in [5.74, 6) is -0.326. The van der Waals surface area contributed by atoms with E-state index in [1.807, 2.05) is 4.90 Å². The van der Waals surface area contributed by atoms with Gasteiger partial charge in [-0.25, -0.2) is 9.97 Å². The molecule has 4 heterocycles. The number of anilines is 3. The van der Waals surface area contributed by atoms with Crippen molar-refractivity contribution < 1.29 is 22.8 Å². The summed E-state index contributed by atoms with van der Waals surface area (Å²) in [5, 5.41) is 5.55. The van der Waals surface area contributed by atoms with Gasteiger partial charge in [-0.3, -0.25) is 9.59 Å². The van der Waals surface area contributed by atoms with Crippen molar-refractivity contribution in [1.82, 2.24) is 15.3 Å². The Morgan fingerprint density at radius 3 is 2.72 bits per heavy atom. The predicted octanol–water partition coefficient (Wildman–Crippen LogP) is 2.29. The Bertz CT molecular complexity index is 982. The third kappa shape index (κ3) is 4.92. The number of aromatic nitrogens is 2. The van der Waals surface area contributed by atoms with Crippen molar-refractivity contribution in [3.63, 3.8) is 0 Å². The van der Waals surface area contributed by atoms with Crippen LogP contribution in [0.25, 0.3) is 0 Å². The van der Waals surface area contributed by atoms with Gasteiger partial charge in [-0.15, -0.1) is 0 Å². The van der Waals surface area contributed by atoms with Gasteiger partial charge in [-0.05, 0) is 37.1 Å². The van der Waals surface area contributed by atoms with Crippen LogP contribution in [0.2, 0.25) is 0 Å². The largest absolute Gasteiger partial charge is 0.419 e. The first-order valence-electron chi connectivity index (χ1n) is 10.4. The second-order valence-electron chi connectivity index (χ2n) is 7.82. The molecule has 11 heteroatoms. The lowest BCUT2D eigenvalue weighted by molar-refractivity contribution is -0.137. The average molecular weight is 448 g/mol. The van der Waals surface area contributed by atoms with E-state index in [4.69, 9.17) is 0 Å². The predicted molar refractivity (Wildman–Crippen MR) is 112 cm³/mol. The maximum absolute atomic E-state index is 13.4. The summed E-state index contributed by atoms with van der Waals surface area (Å²) in [7, 11) is 0. The first-order chi connectivity index (χ1) is 15.3. The van der Waals surface area contributed by atoms with E-state index in [1.54, 1.807) is 12.1 Å². The van der Waals surface area contributed by atoms with Crippen molar-refractivity contribution in [2.45, 2.75) is 19.0 Å². The molecular weight excluding hydrogens is 425 g/mol. The molecule has 0 radical (unpaired) electrons. The number of piperazine rings is 1. The van der Waals surface area contributed by atoms with Crippen LogP contribution in [0, 0.1) is 5.92 Å². The molecule has 0 aromatic carbocycles. The van der Waals surface area contributed by atoms with Gasteiger partial charge in [0.2, 0.25) is 11.8 Å². The molecule has 2 aromatic heterocycles. The number of alkyl halides is 3. The number of rotatable bonds is 4. The lowest BCUT2D eigenvalue weighted by atomic mass is 9.96. The quantitative estimate of drug-likeness (QED) is 0.746. The molecule has 2 amide bonds. The lowest BCUT2D eigenvalue weighted by Gasteiger charge is -2.34. The molecule has 2 aromatic rings. The number of hydrogen-bond acceptors (Lipinski definition) is 6. The summed E-state index contributed by atoms with van der Waals surface area (Å²) >= 11 is 0. The van der Waals surface area contributed by atoms with Crippen molar-refractivity contribution in [2.24, 2.45) is 5.92 Å². The summed E-state index contributed by atoms with van der Waals surface area (Å²) in [4.78, 5) is 35.9. The van der Waals surface area contributed by atoms with Gasteiger partial charge in [0, 0.05) is 32.4 Å². The zero-order valence-corrected chi connectivity index (χ0v) is 17.2. The van der Waals surface area contributed by atoms with E-state index in [0.29, 0.717) is 44.0 Å². The number of nitrogens with zero attached hydrogens (tertiary/aromatic N) is 4. The molecule has 1 unspecified atom stereocenters. The highest BCUT2D eigenvalue weighted by Gasteiger charge is 2.37. The molecule has 0 bridgehead atoms. The van der Waals surface area contributed by atoms with Gasteiger partial charge in [0.05, 0.1) is 29.9 Å². The minimum absolute atomic E-state index is 0.0705. The molecule has 0 spiro atoms. The van der Waals surface area contributed by atoms with Crippen molar-refractivity contribution in [3.05, 3.63) is 42.2 Å². The van der Waals surface area contributed by atoms with Gasteiger partial charge in [-0.2, -0.15) is 13.2 Å². The number of halogens is 3. The van der Waals surface area contributed by atoms with Crippen molar-refractivity contribution in [2.75, 3.05) is 47.8 Å². The van der Waals surface area contributed by atoms with Gasteiger partial charge < -0.3 is 20.4 Å². The Morgan fingerprint density at radius 2 is 2.00 bits per heavy atom. The van der Waals surface area contributed by atoms with Crippen LogP contribution in [0.1, 0.15) is 18.4 Å². The molecule has 0 aliphatic carbocycles. The maximum Gasteiger partial charge on any atom is 0.419 e. The molecule has 8 nitrogen and oxygen atoms in total. The number of nitrogens with one attached hydrogen (secondary N) is 2. The Morgan fingerprint density at radius 1 is 1.16 bits per heavy atom. The first-order valence-corrected chi connectivity index (χ1v) is 10.4. The van der Waals surface area contributed by atoms with Crippen LogP contribution in [0.4, 0.5) is 30.5 Å². The fourth-order valence-electron chi connectivity index (χ4n) is 3.98. The fourth-order valence-corrected chi connectivity index (χ4v) is 3.98. The van der Waals surface area contributed by atoms with Crippen LogP contribution in [0.3, 0.4) is 0 Å². The van der Waals surface area contributed by atoms with Gasteiger partial charge in [0.1, 0.15) is 11.6 Å². The maximum atomic E-state index is 13.4. The number of pyridine rings is 2. The zero-order chi connectivity index (χ0) is 22.7. The average Bonchev–Trinajstić information content (AvgIpc) is 2.79. The van der Waals surface area contributed by atoms with E-state index < -0.39 is 17.7 Å². The van der Waals surface area contributed by atoms with Crippen molar-refractivity contribution in [1.29, 1.82) is 0 Å². The minimum Gasteiger partial charge on any atom is -0.355 e. The summed E-state index contributed by atoms with van der Waals surface area (Å²) in [6.07, 6.45) is -0.513. The van der Waals surface area contributed by atoms with Gasteiger partial charge >= 0.3 is 6.18 Å². The van der Waals surface area contributed by atoms with E-state index in [1.165, 1.54) is 23.4 Å². The summed E-state index contributed by atoms with van der Waals surface area (Å²) in [5.41, 5.74) is -0.307. The van der Waals surface area contributed by atoms with Crippen LogP contribution in [-0.4, -0.2) is 54.5 Å². The van der Waals surface area contributed by atoms with Gasteiger partial charge in [0.25, 0.3) is 0 Å². The third-order valence-corrected chi connectivity index (χ3v) is 5.56. The highest BCUT2D eigenvalue weighted by molar-refractivity contribution is 5.93. The highest BCUT2D eigenvalue weighted by Crippen LogP contribution is 2.36. The number of carbonyl (C=O) groups is 2. The molecule has 4 rings (SSSR count). The summed E-state index contributed by atoms with van der Waals surface area (Å²) in [6, 6.07) is 5.69. The van der Waals surface area contributed by atoms with E-state index in [2.05, 4.69) is 20.6 Å². The summed E-state index contributed by atoms with van der Waals surface area (Å²) in [6.45, 7) is 1.98. The highest BCUT2D eigenvalue weighted by atomic mass is 19.4. The fraction of sp³-hybridized carbons (Fsp3) is 0.429. The number of hydrogen-bond donors (Lipinski definition) is 2. The molecule has 2 fully saturated rings. The normalized spacial score (nSPS) is 19.5. The van der Waals surface area contributed by atoms with Crippen molar-refractivity contribution >= 4 is 29.1 Å². The van der Waals surface area contributed by atoms with Crippen LogP contribution in [0.15, 0.2) is 36.7 Å². The Labute approximate surface area is 182 Å². The monoisotopic (exact) mass is 448 g/mol. The van der Waals surface area contributed by atoms with Gasteiger partial charge in [0.15, 0.2) is 0 Å². The standard InChI is InChI=1S/C21H23F3N6O2/c22-21(23,24)16-4-1-7-26-19(16)30-9-2-3-14(12-30)20(32)28-15-5-6-17(27-11-15)29-10-8-25-18(31)13-29/h1,4-7,11,14H,2-3,8-10,12-13H2,(H,25,31)(H,28,32). The van der Waals surface area contributed by atoms with Crippen molar-refractivity contribution in [3.8, 4) is 0 Å². The second kappa shape index (κ2) is 9.01. The smallest absolute Gasteiger partial charge is 0.355 e. The number of amides is 2. The molecule has 2 saturated heterocycles. The minimum atomic E-state index is -4.51. The number of piperidine rings is 1. The molecule has 0 saturated carbocycles. The molecular formula is C21H23F3N6O2. The van der Waals surface area contributed by atoms with Crippen LogP contribution in [0.5, 0.6) is 0 Å². The van der Waals surface area contributed by atoms with E-state index in [9.17, 15) is 22.8 Å². The molecule has 32 heavy (non-hydrogen) atoms. The Hall–Kier alpha value is -3.37.